The van der Waals surface area contributed by atoms with Crippen LogP contribution >= 0.6 is 11.6 Å². The number of anilines is 1. The molecule has 0 saturated heterocycles. The highest BCUT2D eigenvalue weighted by Crippen LogP contribution is 2.39. The van der Waals surface area contributed by atoms with E-state index in [0.29, 0.717) is 33.7 Å². The van der Waals surface area contributed by atoms with Crippen LogP contribution in [0.25, 0.3) is 12.2 Å². The van der Waals surface area contributed by atoms with E-state index < -0.39 is 17.5 Å². The highest BCUT2D eigenvalue weighted by atomic mass is 35.5. The number of allylic oxidation sites excluding steroid dienone is 1. The van der Waals surface area contributed by atoms with Crippen LogP contribution in [-0.2, 0) is 6.18 Å². The topological polar surface area (TPSA) is 66.0 Å². The molecule has 0 aromatic heterocycles. The van der Waals surface area contributed by atoms with Crippen LogP contribution in [0.2, 0.25) is 5.02 Å². The van der Waals surface area contributed by atoms with Crippen molar-refractivity contribution in [3.05, 3.63) is 88.1 Å². The maximum atomic E-state index is 12.7. The van der Waals surface area contributed by atoms with Crippen molar-refractivity contribution in [1.29, 1.82) is 0 Å². The van der Waals surface area contributed by atoms with Crippen molar-refractivity contribution in [1.82, 2.24) is 0 Å². The predicted molar refractivity (Wildman–Crippen MR) is 142 cm³/mol. The first-order chi connectivity index (χ1) is 18.1. The molecular formula is C28H25ClF3NO5. The number of hydrogen-bond acceptors (Lipinski definition) is 6. The number of methoxy groups -OCH3 is 4. The Hall–Kier alpha value is -4.11. The lowest BCUT2D eigenvalue weighted by molar-refractivity contribution is -0.137. The average Bonchev–Trinajstić information content (AvgIpc) is 2.90. The van der Waals surface area contributed by atoms with E-state index in [1.807, 2.05) is 12.2 Å². The van der Waals surface area contributed by atoms with Crippen LogP contribution < -0.4 is 24.3 Å². The molecule has 0 radical (unpaired) electrons. The van der Waals surface area contributed by atoms with Gasteiger partial charge in [-0.3, -0.25) is 4.79 Å². The summed E-state index contributed by atoms with van der Waals surface area (Å²) in [7, 11) is 6.04. The molecule has 0 aliphatic carbocycles. The Labute approximate surface area is 223 Å². The fourth-order valence-electron chi connectivity index (χ4n) is 3.54. The van der Waals surface area contributed by atoms with Gasteiger partial charge in [0.15, 0.2) is 23.0 Å². The van der Waals surface area contributed by atoms with Crippen LogP contribution in [0.4, 0.5) is 18.9 Å². The second-order valence-corrected chi connectivity index (χ2v) is 8.20. The number of hydrogen-bond donors (Lipinski definition) is 1. The van der Waals surface area contributed by atoms with Crippen LogP contribution in [0.1, 0.15) is 27.0 Å². The Balaban J connectivity index is 1.82. The van der Waals surface area contributed by atoms with E-state index in [9.17, 15) is 18.0 Å². The van der Waals surface area contributed by atoms with Gasteiger partial charge in [0, 0.05) is 17.8 Å². The van der Waals surface area contributed by atoms with Gasteiger partial charge in [-0.05, 0) is 47.5 Å². The average molecular weight is 548 g/mol. The zero-order valence-electron chi connectivity index (χ0n) is 21.0. The van der Waals surface area contributed by atoms with E-state index >= 15 is 0 Å². The smallest absolute Gasteiger partial charge is 0.416 e. The van der Waals surface area contributed by atoms with Crippen LogP contribution in [0.15, 0.2) is 60.8 Å². The number of rotatable bonds is 10. The number of nitrogens with one attached hydrogen (secondary N) is 1. The van der Waals surface area contributed by atoms with Crippen molar-refractivity contribution in [2.24, 2.45) is 0 Å². The number of ether oxygens (including phenoxy) is 4. The third kappa shape index (κ3) is 6.80. The first-order valence-electron chi connectivity index (χ1n) is 11.1. The van der Waals surface area contributed by atoms with Gasteiger partial charge in [0.1, 0.15) is 0 Å². The maximum absolute atomic E-state index is 12.7. The van der Waals surface area contributed by atoms with E-state index in [1.54, 1.807) is 24.3 Å². The van der Waals surface area contributed by atoms with E-state index in [1.165, 1.54) is 40.7 Å². The number of benzene rings is 3. The summed E-state index contributed by atoms with van der Waals surface area (Å²) in [5.41, 5.74) is 1.26. The predicted octanol–water partition coefficient (Wildman–Crippen LogP) is 7.37. The molecule has 0 spiro atoms. The summed E-state index contributed by atoms with van der Waals surface area (Å²) in [5.74, 6) is 1.36. The van der Waals surface area contributed by atoms with E-state index in [2.05, 4.69) is 5.32 Å². The molecule has 0 aliphatic heterocycles. The number of halogens is 4. The molecule has 38 heavy (non-hydrogen) atoms. The highest BCUT2D eigenvalue weighted by Gasteiger charge is 2.30. The van der Waals surface area contributed by atoms with Gasteiger partial charge in [-0.15, -0.1) is 0 Å². The molecule has 0 heterocycles. The quantitative estimate of drug-likeness (QED) is 0.162. The van der Waals surface area contributed by atoms with Crippen molar-refractivity contribution in [2.75, 3.05) is 33.8 Å². The van der Waals surface area contributed by atoms with Crippen LogP contribution in [0.5, 0.6) is 23.0 Å². The first kappa shape index (κ1) is 28.5. The number of ketones is 1. The molecule has 0 unspecified atom stereocenters. The molecule has 0 aliphatic rings. The summed E-state index contributed by atoms with van der Waals surface area (Å²) < 4.78 is 59.7. The van der Waals surface area contributed by atoms with Crippen LogP contribution in [-0.4, -0.2) is 34.2 Å². The lowest BCUT2D eigenvalue weighted by Crippen LogP contribution is -2.05. The molecule has 3 rings (SSSR count). The molecular weight excluding hydrogens is 523 g/mol. The second kappa shape index (κ2) is 12.4. The van der Waals surface area contributed by atoms with Gasteiger partial charge in [-0.1, -0.05) is 35.9 Å². The Bertz CT molecular complexity index is 1330. The fourth-order valence-corrected chi connectivity index (χ4v) is 3.85. The minimum absolute atomic E-state index is 0.114. The first-order valence-corrected chi connectivity index (χ1v) is 11.5. The van der Waals surface area contributed by atoms with Gasteiger partial charge in [0.25, 0.3) is 0 Å². The molecule has 200 valence electrons. The molecule has 6 nitrogen and oxygen atoms in total. The minimum atomic E-state index is -4.47. The Morgan fingerprint density at radius 1 is 0.816 bits per heavy atom. The van der Waals surface area contributed by atoms with Gasteiger partial charge >= 0.3 is 6.18 Å². The summed E-state index contributed by atoms with van der Waals surface area (Å²) in [6, 6.07) is 11.0. The SMILES string of the molecule is COc1cc(C=Cc2cc(Cl)c(OC)c(NC=CC(=O)c3ccc(C(F)(F)F)cc3)c2)cc(OC)c1OC. The lowest BCUT2D eigenvalue weighted by atomic mass is 10.1. The van der Waals surface area contributed by atoms with E-state index in [4.69, 9.17) is 30.5 Å². The highest BCUT2D eigenvalue weighted by molar-refractivity contribution is 6.32. The number of carbonyl (C=O) groups excluding carboxylic acids is 1. The molecule has 3 aromatic rings. The van der Waals surface area contributed by atoms with Gasteiger partial charge in [0.05, 0.1) is 44.7 Å². The van der Waals surface area contributed by atoms with Crippen molar-refractivity contribution in [3.63, 3.8) is 0 Å². The molecule has 0 amide bonds. The number of alkyl halides is 3. The van der Waals surface area contributed by atoms with Gasteiger partial charge < -0.3 is 24.3 Å². The fraction of sp³-hybridized carbons (Fsp3) is 0.179. The molecule has 10 heteroatoms. The molecule has 1 N–H and O–H groups in total. The standard InChI is InChI=1S/C28H25ClF3NO5/c1-35-24-15-18(16-25(36-2)27(24)38-4)6-5-17-13-21(29)26(37-3)22(14-17)33-12-11-23(34)19-7-9-20(10-8-19)28(30,31)32/h5-16,33H,1-4H3. The van der Waals surface area contributed by atoms with E-state index in [-0.39, 0.29) is 5.56 Å². The maximum Gasteiger partial charge on any atom is 0.416 e. The van der Waals surface area contributed by atoms with Crippen molar-refractivity contribution in [2.45, 2.75) is 6.18 Å². The summed E-state index contributed by atoms with van der Waals surface area (Å²) >= 11 is 6.40. The van der Waals surface area contributed by atoms with Crippen LogP contribution in [0.3, 0.4) is 0 Å². The molecule has 0 atom stereocenters. The zero-order chi connectivity index (χ0) is 27.9. The molecule has 3 aromatic carbocycles. The molecule has 0 saturated carbocycles. The van der Waals surface area contributed by atoms with Crippen molar-refractivity contribution in [3.8, 4) is 23.0 Å². The molecule has 0 fully saturated rings. The van der Waals surface area contributed by atoms with E-state index in [0.717, 1.165) is 35.4 Å². The van der Waals surface area contributed by atoms with Crippen molar-refractivity contribution >= 4 is 35.2 Å². The normalized spacial score (nSPS) is 11.6. The third-order valence-electron chi connectivity index (χ3n) is 5.40. The monoisotopic (exact) mass is 547 g/mol. The van der Waals surface area contributed by atoms with Crippen molar-refractivity contribution < 1.29 is 36.9 Å². The van der Waals surface area contributed by atoms with Gasteiger partial charge in [-0.25, -0.2) is 0 Å². The Kier molecular flexibility index (Phi) is 9.30. The Morgan fingerprint density at radius 3 is 1.87 bits per heavy atom. The lowest BCUT2D eigenvalue weighted by Gasteiger charge is -2.13. The summed E-state index contributed by atoms with van der Waals surface area (Å²) in [5, 5.41) is 3.27. The summed E-state index contributed by atoms with van der Waals surface area (Å²) in [6.45, 7) is 0. The Morgan fingerprint density at radius 2 is 1.37 bits per heavy atom. The minimum Gasteiger partial charge on any atom is -0.493 e. The number of carbonyl (C=O) groups is 1. The van der Waals surface area contributed by atoms with Gasteiger partial charge in [-0.2, -0.15) is 13.2 Å². The summed E-state index contributed by atoms with van der Waals surface area (Å²) in [6.07, 6.45) is 1.74. The summed E-state index contributed by atoms with van der Waals surface area (Å²) in [4.78, 5) is 12.4. The molecule has 0 bridgehead atoms. The third-order valence-corrected chi connectivity index (χ3v) is 5.68. The second-order valence-electron chi connectivity index (χ2n) is 7.79. The largest absolute Gasteiger partial charge is 0.493 e. The van der Waals surface area contributed by atoms with Gasteiger partial charge in [0.2, 0.25) is 5.75 Å². The zero-order valence-corrected chi connectivity index (χ0v) is 21.7. The van der Waals surface area contributed by atoms with Crippen LogP contribution in [0, 0.1) is 0 Å².